The SMILES string of the molecule is CS(=O)(=O)Nc1ccc2ccc3ncc(N4CCN(c5cc(C(F)(F)F)cc(C(F)(F)F)c5)CC4)cc3c(=O)c2c1. The normalized spacial score (nSPS) is 15.0. The predicted octanol–water partition coefficient (Wildman–Crippen LogP) is 5.48. The van der Waals surface area contributed by atoms with Gasteiger partial charge in [-0.15, -0.1) is 0 Å². The molecule has 216 valence electrons. The number of anilines is 3. The smallest absolute Gasteiger partial charge is 0.368 e. The highest BCUT2D eigenvalue weighted by atomic mass is 32.2. The molecule has 0 spiro atoms. The average Bonchev–Trinajstić information content (AvgIpc) is 3.03. The van der Waals surface area contributed by atoms with Crippen LogP contribution >= 0.6 is 0 Å². The standard InChI is InChI=1S/C27H22F6N4O3S/c1-41(39,40)35-19-4-2-16-3-5-24-23(25(38)22(16)13-19)14-21(15-34-24)37-8-6-36(7-9-37)20-11-17(26(28,29)30)10-18(12-20)27(31,32)33/h2-5,10-15,35H,6-9H2,1H3. The summed E-state index contributed by atoms with van der Waals surface area (Å²) in [6, 6.07) is 11.1. The number of sulfonamides is 1. The molecule has 1 saturated heterocycles. The molecule has 0 radical (unpaired) electrons. The Balaban J connectivity index is 1.45. The lowest BCUT2D eigenvalue weighted by molar-refractivity contribution is -0.143. The number of benzene rings is 2. The highest BCUT2D eigenvalue weighted by molar-refractivity contribution is 7.92. The molecule has 0 saturated carbocycles. The van der Waals surface area contributed by atoms with Gasteiger partial charge in [-0.3, -0.25) is 14.5 Å². The van der Waals surface area contributed by atoms with Gasteiger partial charge in [0.15, 0.2) is 5.43 Å². The summed E-state index contributed by atoms with van der Waals surface area (Å²) < 4.78 is 105. The summed E-state index contributed by atoms with van der Waals surface area (Å²) in [5.41, 5.74) is -2.13. The van der Waals surface area contributed by atoms with Crippen LogP contribution in [0.15, 0.2) is 65.6 Å². The Morgan fingerprint density at radius 3 is 1.88 bits per heavy atom. The lowest BCUT2D eigenvalue weighted by Gasteiger charge is -2.37. The minimum atomic E-state index is -4.94. The van der Waals surface area contributed by atoms with Gasteiger partial charge in [-0.25, -0.2) is 8.42 Å². The molecular formula is C27H22F6N4O3S. The fourth-order valence-electron chi connectivity index (χ4n) is 4.79. The largest absolute Gasteiger partial charge is 0.416 e. The molecule has 0 unspecified atom stereocenters. The fourth-order valence-corrected chi connectivity index (χ4v) is 5.34. The van der Waals surface area contributed by atoms with Crippen LogP contribution < -0.4 is 20.0 Å². The van der Waals surface area contributed by atoms with Crippen LogP contribution in [0.3, 0.4) is 0 Å². The number of nitrogens with one attached hydrogen (secondary N) is 1. The second-order valence-corrected chi connectivity index (χ2v) is 11.5. The molecule has 0 aliphatic carbocycles. The molecule has 1 fully saturated rings. The monoisotopic (exact) mass is 596 g/mol. The third-order valence-electron chi connectivity index (χ3n) is 6.75. The Morgan fingerprint density at radius 1 is 0.756 bits per heavy atom. The second-order valence-electron chi connectivity index (χ2n) is 9.70. The van der Waals surface area contributed by atoms with Crippen molar-refractivity contribution in [2.45, 2.75) is 12.4 Å². The molecule has 1 aliphatic heterocycles. The molecule has 41 heavy (non-hydrogen) atoms. The van der Waals surface area contributed by atoms with E-state index >= 15 is 0 Å². The number of piperazine rings is 1. The third-order valence-corrected chi connectivity index (χ3v) is 7.36. The number of rotatable bonds is 4. The van der Waals surface area contributed by atoms with Crippen LogP contribution in [0.25, 0.3) is 21.7 Å². The van der Waals surface area contributed by atoms with Gasteiger partial charge in [0.25, 0.3) is 0 Å². The number of alkyl halides is 6. The molecule has 5 rings (SSSR count). The number of pyridine rings is 1. The van der Waals surface area contributed by atoms with Gasteiger partial charge >= 0.3 is 12.4 Å². The van der Waals surface area contributed by atoms with E-state index in [-0.39, 0.29) is 59.8 Å². The molecular weight excluding hydrogens is 574 g/mol. The minimum Gasteiger partial charge on any atom is -0.368 e. The van der Waals surface area contributed by atoms with E-state index in [4.69, 9.17) is 0 Å². The van der Waals surface area contributed by atoms with Crippen molar-refractivity contribution in [3.63, 3.8) is 0 Å². The predicted molar refractivity (Wildman–Crippen MR) is 145 cm³/mol. The first-order valence-corrected chi connectivity index (χ1v) is 14.1. The zero-order chi connectivity index (χ0) is 29.7. The molecule has 1 N–H and O–H groups in total. The van der Waals surface area contributed by atoms with Crippen molar-refractivity contribution in [1.82, 2.24) is 4.98 Å². The van der Waals surface area contributed by atoms with Crippen LogP contribution in [0.5, 0.6) is 0 Å². The van der Waals surface area contributed by atoms with E-state index in [0.29, 0.717) is 28.7 Å². The number of halogens is 6. The Bertz CT molecular complexity index is 1790. The van der Waals surface area contributed by atoms with Gasteiger partial charge in [0, 0.05) is 42.9 Å². The second kappa shape index (κ2) is 10.1. The van der Waals surface area contributed by atoms with E-state index < -0.39 is 33.5 Å². The van der Waals surface area contributed by atoms with Crippen molar-refractivity contribution in [2.24, 2.45) is 0 Å². The van der Waals surface area contributed by atoms with Gasteiger partial charge in [-0.05, 0) is 47.9 Å². The first kappa shape index (κ1) is 28.5. The Labute approximate surface area is 230 Å². The highest BCUT2D eigenvalue weighted by Crippen LogP contribution is 2.38. The number of aromatic nitrogens is 1. The van der Waals surface area contributed by atoms with E-state index in [1.165, 1.54) is 17.0 Å². The van der Waals surface area contributed by atoms with E-state index in [1.54, 1.807) is 30.5 Å². The number of nitrogens with zero attached hydrogens (tertiary/aromatic N) is 3. The summed E-state index contributed by atoms with van der Waals surface area (Å²) in [5.74, 6) is 0. The van der Waals surface area contributed by atoms with Crippen LogP contribution in [0.4, 0.5) is 43.4 Å². The van der Waals surface area contributed by atoms with Gasteiger partial charge in [-0.2, -0.15) is 26.3 Å². The van der Waals surface area contributed by atoms with Crippen molar-refractivity contribution in [3.05, 3.63) is 82.1 Å². The van der Waals surface area contributed by atoms with Gasteiger partial charge in [0.1, 0.15) is 0 Å². The topological polar surface area (TPSA) is 82.6 Å². The molecule has 1 aromatic heterocycles. The number of hydrogen-bond donors (Lipinski definition) is 1. The Morgan fingerprint density at radius 2 is 1.32 bits per heavy atom. The maximum atomic E-state index is 13.5. The van der Waals surface area contributed by atoms with Gasteiger partial charge in [-0.1, -0.05) is 12.1 Å². The summed E-state index contributed by atoms with van der Waals surface area (Å²) in [6.45, 7) is 0.766. The zero-order valence-corrected chi connectivity index (χ0v) is 22.2. The lowest BCUT2D eigenvalue weighted by Crippen LogP contribution is -2.46. The van der Waals surface area contributed by atoms with Crippen LogP contribution in [-0.4, -0.2) is 45.8 Å². The molecule has 0 bridgehead atoms. The molecule has 0 atom stereocenters. The minimum absolute atomic E-state index is 0.102. The van der Waals surface area contributed by atoms with Crippen molar-refractivity contribution in [1.29, 1.82) is 0 Å². The quantitative estimate of drug-likeness (QED) is 0.314. The summed E-state index contributed by atoms with van der Waals surface area (Å²) in [6.07, 6.45) is -7.34. The van der Waals surface area contributed by atoms with Gasteiger partial charge in [0.2, 0.25) is 10.0 Å². The Kier molecular flexibility index (Phi) is 7.00. The van der Waals surface area contributed by atoms with Gasteiger partial charge in [0.05, 0.1) is 40.2 Å². The number of fused-ring (bicyclic) bond motifs is 2. The van der Waals surface area contributed by atoms with Gasteiger partial charge < -0.3 is 9.80 Å². The maximum Gasteiger partial charge on any atom is 0.416 e. The van der Waals surface area contributed by atoms with Crippen LogP contribution in [0, 0.1) is 0 Å². The summed E-state index contributed by atoms with van der Waals surface area (Å²) in [7, 11) is -3.57. The van der Waals surface area contributed by atoms with Crippen LogP contribution in [0.1, 0.15) is 11.1 Å². The Hall–Kier alpha value is -4.07. The summed E-state index contributed by atoms with van der Waals surface area (Å²) in [4.78, 5) is 21.2. The van der Waals surface area contributed by atoms with E-state index in [0.717, 1.165) is 6.26 Å². The maximum absolute atomic E-state index is 13.5. The summed E-state index contributed by atoms with van der Waals surface area (Å²) >= 11 is 0. The molecule has 14 heteroatoms. The molecule has 4 aromatic rings. The molecule has 0 amide bonds. The first-order valence-electron chi connectivity index (χ1n) is 12.2. The zero-order valence-electron chi connectivity index (χ0n) is 21.3. The summed E-state index contributed by atoms with van der Waals surface area (Å²) in [5, 5.41) is 1.10. The van der Waals surface area contributed by atoms with Crippen molar-refractivity contribution in [3.8, 4) is 0 Å². The third kappa shape index (κ3) is 6.16. The highest BCUT2D eigenvalue weighted by Gasteiger charge is 2.37. The van der Waals surface area contributed by atoms with Crippen LogP contribution in [-0.2, 0) is 22.4 Å². The molecule has 7 nitrogen and oxygen atoms in total. The van der Waals surface area contributed by atoms with Crippen molar-refractivity contribution >= 4 is 48.8 Å². The van der Waals surface area contributed by atoms with Crippen molar-refractivity contribution in [2.75, 3.05) is 47.0 Å². The number of hydrogen-bond acceptors (Lipinski definition) is 6. The first-order chi connectivity index (χ1) is 19.1. The van der Waals surface area contributed by atoms with E-state index in [2.05, 4.69) is 9.71 Å². The fraction of sp³-hybridized carbons (Fsp3) is 0.259. The average molecular weight is 597 g/mol. The molecule has 2 heterocycles. The molecule has 3 aromatic carbocycles. The van der Waals surface area contributed by atoms with E-state index in [9.17, 15) is 39.6 Å². The lowest BCUT2D eigenvalue weighted by atomic mass is 10.1. The van der Waals surface area contributed by atoms with Crippen molar-refractivity contribution < 1.29 is 34.8 Å². The van der Waals surface area contributed by atoms with Crippen LogP contribution in [0.2, 0.25) is 0 Å². The van der Waals surface area contributed by atoms with E-state index in [1.807, 2.05) is 4.90 Å². The molecule has 1 aliphatic rings.